The monoisotopic (exact) mass is 347 g/mol. The summed E-state index contributed by atoms with van der Waals surface area (Å²) in [6.45, 7) is 8.30. The predicted molar refractivity (Wildman–Crippen MR) is 76.4 cm³/mol. The van der Waals surface area contributed by atoms with Gasteiger partial charge in [0.2, 0.25) is 0 Å². The Labute approximate surface area is 129 Å². The van der Waals surface area contributed by atoms with Gasteiger partial charge >= 0.3 is 21.5 Å². The molecule has 0 atom stereocenters. The standard InChI is InChI=1S/C13H24F3NO4S/c1-6-12(4,5)10(18)21-9-11(2,3)7-8-17-22(19,20)13(14,15)16/h17H,6-9H2,1-5H3. The lowest BCUT2D eigenvalue weighted by Crippen LogP contribution is -2.39. The van der Waals surface area contributed by atoms with Crippen LogP contribution in [0.2, 0.25) is 0 Å². The average molecular weight is 347 g/mol. The zero-order chi connectivity index (χ0) is 17.8. The minimum atomic E-state index is -5.34. The van der Waals surface area contributed by atoms with Crippen molar-refractivity contribution >= 4 is 16.0 Å². The van der Waals surface area contributed by atoms with Crippen LogP contribution in [0.4, 0.5) is 13.2 Å². The van der Waals surface area contributed by atoms with Gasteiger partial charge in [0.05, 0.1) is 12.0 Å². The van der Waals surface area contributed by atoms with E-state index in [1.165, 1.54) is 4.72 Å². The van der Waals surface area contributed by atoms with Gasteiger partial charge in [-0.25, -0.2) is 13.1 Å². The smallest absolute Gasteiger partial charge is 0.465 e. The van der Waals surface area contributed by atoms with Crippen LogP contribution in [-0.2, 0) is 19.6 Å². The number of halogens is 3. The van der Waals surface area contributed by atoms with E-state index in [0.29, 0.717) is 6.42 Å². The highest BCUT2D eigenvalue weighted by Crippen LogP contribution is 2.26. The number of hydrogen-bond acceptors (Lipinski definition) is 4. The second-order valence-corrected chi connectivity index (χ2v) is 8.33. The Kier molecular flexibility index (Phi) is 6.89. The molecule has 0 aliphatic rings. The van der Waals surface area contributed by atoms with E-state index in [1.54, 1.807) is 27.7 Å². The minimum Gasteiger partial charge on any atom is -0.465 e. The van der Waals surface area contributed by atoms with Crippen molar-refractivity contribution < 1.29 is 31.1 Å². The van der Waals surface area contributed by atoms with E-state index in [4.69, 9.17) is 4.74 Å². The number of rotatable bonds is 8. The summed E-state index contributed by atoms with van der Waals surface area (Å²) in [7, 11) is -5.34. The van der Waals surface area contributed by atoms with E-state index in [9.17, 15) is 26.4 Å². The predicted octanol–water partition coefficient (Wildman–Crippen LogP) is 2.82. The third kappa shape index (κ3) is 6.51. The summed E-state index contributed by atoms with van der Waals surface area (Å²) >= 11 is 0. The first-order valence-corrected chi connectivity index (χ1v) is 8.36. The van der Waals surface area contributed by atoms with E-state index < -0.39 is 26.4 Å². The summed E-state index contributed by atoms with van der Waals surface area (Å²) in [5, 5.41) is 0. The molecule has 9 heteroatoms. The number of carbonyl (C=O) groups is 1. The van der Waals surface area contributed by atoms with Crippen LogP contribution in [0.1, 0.15) is 47.5 Å². The van der Waals surface area contributed by atoms with Crippen LogP contribution in [0.15, 0.2) is 0 Å². The van der Waals surface area contributed by atoms with Crippen molar-refractivity contribution in [2.45, 2.75) is 53.0 Å². The molecule has 0 heterocycles. The number of sulfonamides is 1. The van der Waals surface area contributed by atoms with E-state index in [-0.39, 0.29) is 25.5 Å². The molecule has 0 radical (unpaired) electrons. The molecule has 0 amide bonds. The first kappa shape index (κ1) is 21.2. The molecule has 0 spiro atoms. The Morgan fingerprint density at radius 3 is 2.05 bits per heavy atom. The van der Waals surface area contributed by atoms with Crippen LogP contribution in [0.5, 0.6) is 0 Å². The zero-order valence-corrected chi connectivity index (χ0v) is 14.3. The van der Waals surface area contributed by atoms with Gasteiger partial charge in [-0.1, -0.05) is 20.8 Å². The number of esters is 1. The van der Waals surface area contributed by atoms with Gasteiger partial charge in [-0.05, 0) is 26.7 Å². The molecule has 1 N–H and O–H groups in total. The van der Waals surface area contributed by atoms with Crippen molar-refractivity contribution in [2.75, 3.05) is 13.2 Å². The highest BCUT2D eigenvalue weighted by atomic mass is 32.2. The maximum atomic E-state index is 12.2. The largest absolute Gasteiger partial charge is 0.511 e. The van der Waals surface area contributed by atoms with E-state index in [1.807, 2.05) is 6.92 Å². The molecule has 0 aromatic heterocycles. The minimum absolute atomic E-state index is 0.00298. The summed E-state index contributed by atoms with van der Waals surface area (Å²) in [5.41, 5.74) is -6.60. The van der Waals surface area contributed by atoms with Crippen LogP contribution >= 0.6 is 0 Å². The number of alkyl halides is 3. The fraction of sp³-hybridized carbons (Fsp3) is 0.923. The molecule has 0 aliphatic heterocycles. The molecule has 0 fully saturated rings. The van der Waals surface area contributed by atoms with Gasteiger partial charge in [0.15, 0.2) is 0 Å². The van der Waals surface area contributed by atoms with Crippen molar-refractivity contribution in [3.05, 3.63) is 0 Å². The third-order valence-corrected chi connectivity index (χ3v) is 4.62. The number of nitrogens with one attached hydrogen (secondary N) is 1. The van der Waals surface area contributed by atoms with Gasteiger partial charge in [0.25, 0.3) is 0 Å². The Bertz CT molecular complexity index is 484. The quantitative estimate of drug-likeness (QED) is 0.685. The van der Waals surface area contributed by atoms with Crippen LogP contribution in [0.3, 0.4) is 0 Å². The molecule has 0 aromatic carbocycles. The van der Waals surface area contributed by atoms with E-state index in [0.717, 1.165) is 0 Å². The molecule has 0 saturated carbocycles. The van der Waals surface area contributed by atoms with E-state index in [2.05, 4.69) is 0 Å². The van der Waals surface area contributed by atoms with Crippen molar-refractivity contribution in [3.8, 4) is 0 Å². The van der Waals surface area contributed by atoms with Crippen LogP contribution in [0.25, 0.3) is 0 Å². The lowest BCUT2D eigenvalue weighted by molar-refractivity contribution is -0.157. The summed E-state index contributed by atoms with van der Waals surface area (Å²) in [6, 6.07) is 0. The number of hydrogen-bond donors (Lipinski definition) is 1. The molecule has 0 aliphatic carbocycles. The molecule has 132 valence electrons. The van der Waals surface area contributed by atoms with Crippen LogP contribution < -0.4 is 4.72 Å². The Morgan fingerprint density at radius 1 is 1.14 bits per heavy atom. The summed E-state index contributed by atoms with van der Waals surface area (Å²) in [4.78, 5) is 11.8. The fourth-order valence-electron chi connectivity index (χ4n) is 1.28. The molecule has 0 bridgehead atoms. The Morgan fingerprint density at radius 2 is 1.64 bits per heavy atom. The van der Waals surface area contributed by atoms with Crippen molar-refractivity contribution in [1.82, 2.24) is 4.72 Å². The van der Waals surface area contributed by atoms with Crippen LogP contribution in [-0.4, -0.2) is 33.0 Å². The Balaban J connectivity index is 4.42. The molecule has 0 rings (SSSR count). The van der Waals surface area contributed by atoms with Crippen molar-refractivity contribution in [1.29, 1.82) is 0 Å². The molecule has 22 heavy (non-hydrogen) atoms. The Hall–Kier alpha value is -0.830. The van der Waals surface area contributed by atoms with Gasteiger partial charge in [0.1, 0.15) is 0 Å². The average Bonchev–Trinajstić information content (AvgIpc) is 2.34. The van der Waals surface area contributed by atoms with Gasteiger partial charge < -0.3 is 4.74 Å². The van der Waals surface area contributed by atoms with E-state index >= 15 is 0 Å². The summed E-state index contributed by atoms with van der Waals surface area (Å²) in [6.07, 6.45) is 0.694. The summed E-state index contributed by atoms with van der Waals surface area (Å²) in [5.74, 6) is -0.390. The lowest BCUT2D eigenvalue weighted by atomic mass is 9.89. The van der Waals surface area contributed by atoms with Gasteiger partial charge in [-0.3, -0.25) is 4.79 Å². The molecular weight excluding hydrogens is 323 g/mol. The van der Waals surface area contributed by atoms with Gasteiger partial charge in [-0.15, -0.1) is 0 Å². The molecule has 0 unspecified atom stereocenters. The molecular formula is C13H24F3NO4S. The number of ether oxygens (including phenoxy) is 1. The first-order chi connectivity index (χ1) is 9.65. The second kappa shape index (κ2) is 7.16. The van der Waals surface area contributed by atoms with Crippen molar-refractivity contribution in [3.63, 3.8) is 0 Å². The highest BCUT2D eigenvalue weighted by molar-refractivity contribution is 7.90. The molecule has 0 aromatic rings. The first-order valence-electron chi connectivity index (χ1n) is 6.88. The summed E-state index contributed by atoms with van der Waals surface area (Å²) < 4.78 is 64.8. The SMILES string of the molecule is CCC(C)(C)C(=O)OCC(C)(C)CCNS(=O)(=O)C(F)(F)F. The van der Waals surface area contributed by atoms with Gasteiger partial charge in [-0.2, -0.15) is 13.2 Å². The highest BCUT2D eigenvalue weighted by Gasteiger charge is 2.45. The molecule has 5 nitrogen and oxygen atoms in total. The maximum absolute atomic E-state index is 12.2. The lowest BCUT2D eigenvalue weighted by Gasteiger charge is -2.27. The second-order valence-electron chi connectivity index (χ2n) is 6.57. The molecule has 0 saturated heterocycles. The third-order valence-electron chi connectivity index (χ3n) is 3.43. The van der Waals surface area contributed by atoms with Crippen molar-refractivity contribution in [2.24, 2.45) is 10.8 Å². The maximum Gasteiger partial charge on any atom is 0.511 e. The fourth-order valence-corrected chi connectivity index (χ4v) is 1.81. The van der Waals surface area contributed by atoms with Crippen LogP contribution in [0, 0.1) is 10.8 Å². The van der Waals surface area contributed by atoms with Gasteiger partial charge in [0, 0.05) is 12.0 Å². The number of carbonyl (C=O) groups excluding carboxylic acids is 1. The topological polar surface area (TPSA) is 72.5 Å². The normalized spacial score (nSPS) is 14.0. The zero-order valence-electron chi connectivity index (χ0n) is 13.5.